The van der Waals surface area contributed by atoms with E-state index in [0.29, 0.717) is 16.9 Å². The Balaban J connectivity index is 1.94. The van der Waals surface area contributed by atoms with Crippen molar-refractivity contribution in [1.29, 1.82) is 0 Å². The predicted molar refractivity (Wildman–Crippen MR) is 63.7 cm³/mol. The molecule has 0 aromatic heterocycles. The van der Waals surface area contributed by atoms with E-state index in [4.69, 9.17) is 4.74 Å². The van der Waals surface area contributed by atoms with Gasteiger partial charge in [0.15, 0.2) is 6.23 Å². The minimum atomic E-state index is -0.576. The number of para-hydroxylation sites is 1. The molecule has 0 radical (unpaired) electrons. The second kappa shape index (κ2) is 4.14. The molecule has 0 aliphatic carbocycles. The number of carbonyl (C=O) groups is 1. The normalized spacial score (nSPS) is 17.6. The summed E-state index contributed by atoms with van der Waals surface area (Å²) >= 11 is 0. The number of rotatable bonds is 1. The minimum Gasteiger partial charge on any atom is -0.466 e. The Labute approximate surface area is 103 Å². The summed E-state index contributed by atoms with van der Waals surface area (Å²) < 4.78 is 18.5. The van der Waals surface area contributed by atoms with E-state index in [0.717, 1.165) is 0 Å². The van der Waals surface area contributed by atoms with Crippen molar-refractivity contribution in [2.45, 2.75) is 6.23 Å². The van der Waals surface area contributed by atoms with Crippen LogP contribution in [-0.2, 0) is 0 Å². The fourth-order valence-corrected chi connectivity index (χ4v) is 1.90. The Kier molecular flexibility index (Phi) is 2.48. The fourth-order valence-electron chi connectivity index (χ4n) is 1.90. The van der Waals surface area contributed by atoms with Crippen LogP contribution in [0.4, 0.5) is 4.39 Å². The number of halogens is 1. The second-order valence-electron chi connectivity index (χ2n) is 4.02. The van der Waals surface area contributed by atoms with Gasteiger partial charge in [-0.3, -0.25) is 4.79 Å². The largest absolute Gasteiger partial charge is 0.466 e. The number of ether oxygens (including phenoxy) is 1. The van der Waals surface area contributed by atoms with Crippen LogP contribution in [0.25, 0.3) is 0 Å². The van der Waals surface area contributed by atoms with Crippen molar-refractivity contribution in [2.24, 2.45) is 0 Å². The number of carbonyl (C=O) groups excluding carboxylic acids is 1. The van der Waals surface area contributed by atoms with Crippen LogP contribution >= 0.6 is 0 Å². The van der Waals surface area contributed by atoms with E-state index < -0.39 is 6.23 Å². The molecule has 0 bridgehead atoms. The maximum atomic E-state index is 12.8. The van der Waals surface area contributed by atoms with Gasteiger partial charge in [0, 0.05) is 5.56 Å². The summed E-state index contributed by atoms with van der Waals surface area (Å²) in [7, 11) is 0. The van der Waals surface area contributed by atoms with Gasteiger partial charge in [-0.05, 0) is 24.3 Å². The number of amides is 1. The van der Waals surface area contributed by atoms with Crippen molar-refractivity contribution in [3.63, 3.8) is 0 Å². The van der Waals surface area contributed by atoms with Gasteiger partial charge in [-0.25, -0.2) is 4.39 Å². The summed E-state index contributed by atoms with van der Waals surface area (Å²) in [5, 5.41) is 2.72. The lowest BCUT2D eigenvalue weighted by molar-refractivity contribution is 0.0756. The van der Waals surface area contributed by atoms with Gasteiger partial charge in [0.1, 0.15) is 11.6 Å². The molecular weight excluding hydrogens is 233 g/mol. The van der Waals surface area contributed by atoms with Crippen molar-refractivity contribution >= 4 is 5.91 Å². The molecule has 1 N–H and O–H groups in total. The molecule has 0 spiro atoms. The smallest absolute Gasteiger partial charge is 0.258 e. The maximum absolute atomic E-state index is 12.8. The molecule has 0 unspecified atom stereocenters. The van der Waals surface area contributed by atoms with Crippen LogP contribution in [0, 0.1) is 5.82 Å². The van der Waals surface area contributed by atoms with Gasteiger partial charge in [0.05, 0.1) is 5.56 Å². The summed E-state index contributed by atoms with van der Waals surface area (Å²) in [5.41, 5.74) is 1.22. The van der Waals surface area contributed by atoms with Gasteiger partial charge >= 0.3 is 0 Å². The Morgan fingerprint density at radius 2 is 1.78 bits per heavy atom. The number of hydrogen-bond donors (Lipinski definition) is 1. The Bertz CT molecular complexity index is 595. The first kappa shape index (κ1) is 10.8. The first-order chi connectivity index (χ1) is 8.74. The van der Waals surface area contributed by atoms with Crippen LogP contribution in [0.2, 0.25) is 0 Å². The molecule has 18 heavy (non-hydrogen) atoms. The topological polar surface area (TPSA) is 38.3 Å². The Hall–Kier alpha value is -2.36. The van der Waals surface area contributed by atoms with E-state index in [2.05, 4.69) is 5.32 Å². The van der Waals surface area contributed by atoms with Gasteiger partial charge in [-0.2, -0.15) is 0 Å². The van der Waals surface area contributed by atoms with Crippen molar-refractivity contribution in [2.75, 3.05) is 0 Å². The minimum absolute atomic E-state index is 0.189. The lowest BCUT2D eigenvalue weighted by atomic mass is 10.1. The van der Waals surface area contributed by atoms with Crippen LogP contribution < -0.4 is 10.1 Å². The third kappa shape index (κ3) is 1.82. The predicted octanol–water partition coefficient (Wildman–Crippen LogP) is 2.65. The van der Waals surface area contributed by atoms with Crippen molar-refractivity contribution in [3.05, 3.63) is 65.5 Å². The molecule has 3 rings (SSSR count). The Morgan fingerprint density at radius 3 is 2.56 bits per heavy atom. The van der Waals surface area contributed by atoms with Crippen molar-refractivity contribution in [1.82, 2.24) is 5.32 Å². The second-order valence-corrected chi connectivity index (χ2v) is 4.02. The quantitative estimate of drug-likeness (QED) is 0.836. The van der Waals surface area contributed by atoms with Crippen molar-refractivity contribution in [3.8, 4) is 5.75 Å². The molecule has 2 aromatic carbocycles. The lowest BCUT2D eigenvalue weighted by Gasteiger charge is -2.26. The van der Waals surface area contributed by atoms with E-state index in [9.17, 15) is 9.18 Å². The van der Waals surface area contributed by atoms with Gasteiger partial charge in [0.25, 0.3) is 5.91 Å². The SMILES string of the molecule is O=C1N[C@@H](c2ccc(F)cc2)Oc2ccccc21. The maximum Gasteiger partial charge on any atom is 0.258 e. The molecule has 0 saturated carbocycles. The molecule has 1 aliphatic heterocycles. The summed E-state index contributed by atoms with van der Waals surface area (Å²) in [6.45, 7) is 0. The number of nitrogens with one attached hydrogen (secondary N) is 1. The van der Waals surface area contributed by atoms with Crippen LogP contribution in [0.15, 0.2) is 48.5 Å². The van der Waals surface area contributed by atoms with E-state index in [1.807, 2.05) is 0 Å². The molecule has 4 heteroatoms. The molecule has 1 heterocycles. The van der Waals surface area contributed by atoms with Gasteiger partial charge < -0.3 is 10.1 Å². The molecule has 1 atom stereocenters. The van der Waals surface area contributed by atoms with Gasteiger partial charge in [-0.15, -0.1) is 0 Å². The standard InChI is InChI=1S/C14H10FNO2/c15-10-7-5-9(6-8-10)14-16-13(17)11-3-1-2-4-12(11)18-14/h1-8,14H,(H,16,17)/t14-/m1/s1. The number of fused-ring (bicyclic) bond motifs is 1. The summed E-state index contributed by atoms with van der Waals surface area (Å²) in [6, 6.07) is 12.9. The molecule has 90 valence electrons. The molecular formula is C14H10FNO2. The zero-order valence-electron chi connectivity index (χ0n) is 9.39. The van der Waals surface area contributed by atoms with Gasteiger partial charge in [0.2, 0.25) is 0 Å². The van der Waals surface area contributed by atoms with E-state index >= 15 is 0 Å². The third-order valence-corrected chi connectivity index (χ3v) is 2.81. The van der Waals surface area contributed by atoms with Crippen LogP contribution in [0.1, 0.15) is 22.1 Å². The zero-order valence-corrected chi connectivity index (χ0v) is 9.39. The first-order valence-electron chi connectivity index (χ1n) is 5.56. The molecule has 1 amide bonds. The van der Waals surface area contributed by atoms with E-state index in [1.54, 1.807) is 36.4 Å². The highest BCUT2D eigenvalue weighted by molar-refractivity contribution is 5.97. The first-order valence-corrected chi connectivity index (χ1v) is 5.56. The molecule has 0 saturated heterocycles. The van der Waals surface area contributed by atoms with Crippen molar-refractivity contribution < 1.29 is 13.9 Å². The van der Waals surface area contributed by atoms with Crippen LogP contribution in [0.3, 0.4) is 0 Å². The summed E-state index contributed by atoms with van der Waals surface area (Å²) in [6.07, 6.45) is -0.576. The van der Waals surface area contributed by atoms with Crippen LogP contribution in [-0.4, -0.2) is 5.91 Å². The highest BCUT2D eigenvalue weighted by Gasteiger charge is 2.25. The average Bonchev–Trinajstić information content (AvgIpc) is 2.39. The zero-order chi connectivity index (χ0) is 12.5. The van der Waals surface area contributed by atoms with E-state index in [1.165, 1.54) is 12.1 Å². The molecule has 2 aromatic rings. The summed E-state index contributed by atoms with van der Waals surface area (Å²) in [5.74, 6) is 0.0306. The number of benzene rings is 2. The van der Waals surface area contributed by atoms with Crippen LogP contribution in [0.5, 0.6) is 5.75 Å². The highest BCUT2D eigenvalue weighted by Crippen LogP contribution is 2.28. The monoisotopic (exact) mass is 243 g/mol. The molecule has 3 nitrogen and oxygen atoms in total. The van der Waals surface area contributed by atoms with E-state index in [-0.39, 0.29) is 11.7 Å². The Morgan fingerprint density at radius 1 is 1.06 bits per heavy atom. The molecule has 1 aliphatic rings. The average molecular weight is 243 g/mol. The molecule has 0 fully saturated rings. The number of hydrogen-bond acceptors (Lipinski definition) is 2. The van der Waals surface area contributed by atoms with Gasteiger partial charge in [-0.1, -0.05) is 24.3 Å². The third-order valence-electron chi connectivity index (χ3n) is 2.81. The lowest BCUT2D eigenvalue weighted by Crippen LogP contribution is -2.36. The summed E-state index contributed by atoms with van der Waals surface area (Å²) in [4.78, 5) is 11.9. The fraction of sp³-hybridized carbons (Fsp3) is 0.0714. The highest BCUT2D eigenvalue weighted by atomic mass is 19.1.